The van der Waals surface area contributed by atoms with Gasteiger partial charge in [-0.2, -0.15) is 0 Å². The largest absolute Gasteiger partial charge is 0.478 e. The molecule has 0 aliphatic heterocycles. The van der Waals surface area contributed by atoms with Gasteiger partial charge >= 0.3 is 5.97 Å². The van der Waals surface area contributed by atoms with Crippen molar-refractivity contribution in [3.8, 4) is 0 Å². The first-order valence-electron chi connectivity index (χ1n) is 4.36. The van der Waals surface area contributed by atoms with Gasteiger partial charge in [0.1, 0.15) is 0 Å². The van der Waals surface area contributed by atoms with Crippen molar-refractivity contribution in [3.05, 3.63) is 34.3 Å². The monoisotopic (exact) mass is 212 g/mol. The van der Waals surface area contributed by atoms with Gasteiger partial charge in [-0.1, -0.05) is 44.5 Å². The van der Waals surface area contributed by atoms with Crippen molar-refractivity contribution in [1.82, 2.24) is 0 Å². The second-order valence-corrected chi connectivity index (χ2v) is 4.60. The fourth-order valence-corrected chi connectivity index (χ4v) is 1.77. The number of benzene rings is 1. The lowest BCUT2D eigenvalue weighted by Crippen LogP contribution is -2.13. The second-order valence-electron chi connectivity index (χ2n) is 4.22. The van der Waals surface area contributed by atoms with Gasteiger partial charge in [0, 0.05) is 0 Å². The minimum absolute atomic E-state index is 0.136. The zero-order valence-corrected chi connectivity index (χ0v) is 9.22. The van der Waals surface area contributed by atoms with Gasteiger partial charge in [0.05, 0.1) is 10.6 Å². The molecule has 0 aliphatic rings. The van der Waals surface area contributed by atoms with Crippen molar-refractivity contribution in [2.24, 2.45) is 0 Å². The standard InChI is InChI=1S/C11H13ClO2/c1-11(2,3)8-6-4-5-7(9(8)12)10(13)14/h4-6H,1-3H3,(H,13,14). The summed E-state index contributed by atoms with van der Waals surface area (Å²) in [6.07, 6.45) is 0. The molecule has 0 saturated carbocycles. The first-order valence-corrected chi connectivity index (χ1v) is 4.74. The van der Waals surface area contributed by atoms with Crippen molar-refractivity contribution in [1.29, 1.82) is 0 Å². The van der Waals surface area contributed by atoms with Crippen LogP contribution in [0.2, 0.25) is 5.02 Å². The number of hydrogen-bond acceptors (Lipinski definition) is 1. The Labute approximate surface area is 88.5 Å². The van der Waals surface area contributed by atoms with Crippen LogP contribution in [0.15, 0.2) is 18.2 Å². The molecule has 0 spiro atoms. The van der Waals surface area contributed by atoms with E-state index in [1.165, 1.54) is 6.07 Å². The number of carbonyl (C=O) groups is 1. The fraction of sp³-hybridized carbons (Fsp3) is 0.364. The summed E-state index contributed by atoms with van der Waals surface area (Å²) in [6.45, 7) is 6.00. The van der Waals surface area contributed by atoms with Crippen LogP contribution in [-0.2, 0) is 5.41 Å². The van der Waals surface area contributed by atoms with Crippen molar-refractivity contribution >= 4 is 17.6 Å². The second kappa shape index (κ2) is 3.62. The highest BCUT2D eigenvalue weighted by molar-refractivity contribution is 6.34. The summed E-state index contributed by atoms with van der Waals surface area (Å²) >= 11 is 6.01. The molecule has 1 rings (SSSR count). The van der Waals surface area contributed by atoms with E-state index in [0.29, 0.717) is 5.02 Å². The van der Waals surface area contributed by atoms with E-state index in [-0.39, 0.29) is 11.0 Å². The summed E-state index contributed by atoms with van der Waals surface area (Å²) in [7, 11) is 0. The lowest BCUT2D eigenvalue weighted by molar-refractivity contribution is 0.0697. The zero-order chi connectivity index (χ0) is 10.9. The molecule has 14 heavy (non-hydrogen) atoms. The predicted octanol–water partition coefficient (Wildman–Crippen LogP) is 3.34. The van der Waals surface area contributed by atoms with Gasteiger partial charge in [0.25, 0.3) is 0 Å². The Morgan fingerprint density at radius 2 is 1.93 bits per heavy atom. The van der Waals surface area contributed by atoms with E-state index in [0.717, 1.165) is 5.56 Å². The molecule has 1 aromatic rings. The van der Waals surface area contributed by atoms with E-state index >= 15 is 0 Å². The Balaban J connectivity index is 3.35. The number of halogens is 1. The molecule has 0 heterocycles. The van der Waals surface area contributed by atoms with Gasteiger partial charge in [-0.25, -0.2) is 4.79 Å². The third-order valence-electron chi connectivity index (χ3n) is 2.04. The van der Waals surface area contributed by atoms with Gasteiger partial charge in [0.2, 0.25) is 0 Å². The smallest absolute Gasteiger partial charge is 0.337 e. The maximum atomic E-state index is 10.8. The van der Waals surface area contributed by atoms with Gasteiger partial charge in [-0.3, -0.25) is 0 Å². The summed E-state index contributed by atoms with van der Waals surface area (Å²) in [5, 5.41) is 9.21. The zero-order valence-electron chi connectivity index (χ0n) is 8.47. The lowest BCUT2D eigenvalue weighted by atomic mass is 9.86. The van der Waals surface area contributed by atoms with Gasteiger partial charge < -0.3 is 5.11 Å². The molecule has 0 bridgehead atoms. The quantitative estimate of drug-likeness (QED) is 0.775. The molecule has 1 N–H and O–H groups in total. The molecule has 2 nitrogen and oxygen atoms in total. The van der Waals surface area contributed by atoms with Crippen molar-refractivity contribution in [3.63, 3.8) is 0 Å². The molecule has 0 unspecified atom stereocenters. The maximum absolute atomic E-state index is 10.8. The van der Waals surface area contributed by atoms with Crippen LogP contribution in [0.1, 0.15) is 36.7 Å². The molecular formula is C11H13ClO2. The first-order chi connectivity index (χ1) is 6.34. The van der Waals surface area contributed by atoms with E-state index in [1.807, 2.05) is 26.8 Å². The lowest BCUT2D eigenvalue weighted by Gasteiger charge is -2.21. The molecule has 0 fully saturated rings. The summed E-state index contributed by atoms with van der Waals surface area (Å²) < 4.78 is 0. The fourth-order valence-electron chi connectivity index (χ4n) is 1.28. The van der Waals surface area contributed by atoms with E-state index < -0.39 is 5.97 Å². The predicted molar refractivity (Wildman–Crippen MR) is 57.1 cm³/mol. The van der Waals surface area contributed by atoms with Crippen LogP contribution in [0.4, 0.5) is 0 Å². The van der Waals surface area contributed by atoms with Gasteiger partial charge in [-0.05, 0) is 17.0 Å². The van der Waals surface area contributed by atoms with Crippen LogP contribution in [0.25, 0.3) is 0 Å². The molecule has 0 saturated heterocycles. The van der Waals surface area contributed by atoms with Crippen molar-refractivity contribution in [2.75, 3.05) is 0 Å². The molecular weight excluding hydrogens is 200 g/mol. The molecule has 0 radical (unpaired) electrons. The Bertz CT molecular complexity index is 364. The Morgan fingerprint density at radius 3 is 2.36 bits per heavy atom. The Morgan fingerprint density at radius 1 is 1.36 bits per heavy atom. The molecule has 76 valence electrons. The van der Waals surface area contributed by atoms with E-state index in [9.17, 15) is 4.79 Å². The van der Waals surface area contributed by atoms with Crippen molar-refractivity contribution in [2.45, 2.75) is 26.2 Å². The third-order valence-corrected chi connectivity index (χ3v) is 2.44. The first kappa shape index (κ1) is 11.1. The summed E-state index contributed by atoms with van der Waals surface area (Å²) in [5.41, 5.74) is 0.890. The number of carboxylic acids is 1. The van der Waals surface area contributed by atoms with Crippen LogP contribution < -0.4 is 0 Å². The van der Waals surface area contributed by atoms with Crippen LogP contribution in [0.3, 0.4) is 0 Å². The molecule has 0 aliphatic carbocycles. The summed E-state index contributed by atoms with van der Waals surface area (Å²) in [5.74, 6) is -0.985. The average Bonchev–Trinajstić information content (AvgIpc) is 2.01. The summed E-state index contributed by atoms with van der Waals surface area (Å²) in [6, 6.07) is 5.09. The Hall–Kier alpha value is -1.02. The van der Waals surface area contributed by atoms with Crippen molar-refractivity contribution < 1.29 is 9.90 Å². The molecule has 0 aromatic heterocycles. The highest BCUT2D eigenvalue weighted by atomic mass is 35.5. The number of rotatable bonds is 1. The van der Waals surface area contributed by atoms with Crippen LogP contribution >= 0.6 is 11.6 Å². The highest BCUT2D eigenvalue weighted by Gasteiger charge is 2.20. The minimum atomic E-state index is -0.985. The van der Waals surface area contributed by atoms with E-state index in [2.05, 4.69) is 0 Å². The van der Waals surface area contributed by atoms with Gasteiger partial charge in [-0.15, -0.1) is 0 Å². The number of aromatic carboxylic acids is 1. The normalized spacial score (nSPS) is 11.4. The van der Waals surface area contributed by atoms with E-state index in [4.69, 9.17) is 16.7 Å². The van der Waals surface area contributed by atoms with Crippen LogP contribution in [-0.4, -0.2) is 11.1 Å². The van der Waals surface area contributed by atoms with Gasteiger partial charge in [0.15, 0.2) is 0 Å². The highest BCUT2D eigenvalue weighted by Crippen LogP contribution is 2.31. The topological polar surface area (TPSA) is 37.3 Å². The van der Waals surface area contributed by atoms with Crippen LogP contribution in [0.5, 0.6) is 0 Å². The Kier molecular flexibility index (Phi) is 2.86. The molecule has 0 atom stereocenters. The van der Waals surface area contributed by atoms with E-state index in [1.54, 1.807) is 6.07 Å². The number of carboxylic acid groups (broad SMARTS) is 1. The minimum Gasteiger partial charge on any atom is -0.478 e. The maximum Gasteiger partial charge on any atom is 0.337 e. The average molecular weight is 213 g/mol. The molecule has 3 heteroatoms. The number of hydrogen-bond donors (Lipinski definition) is 1. The third kappa shape index (κ3) is 2.07. The summed E-state index contributed by atoms with van der Waals surface area (Å²) in [4.78, 5) is 10.8. The van der Waals surface area contributed by atoms with Crippen LogP contribution in [0, 0.1) is 0 Å². The molecule has 0 amide bonds. The SMILES string of the molecule is CC(C)(C)c1cccc(C(=O)O)c1Cl. The molecule has 1 aromatic carbocycles.